The van der Waals surface area contributed by atoms with E-state index in [0.717, 1.165) is 20.9 Å². The minimum absolute atomic E-state index is 0.411. The standard InChI is InChI=1S/C9H9NO2S2/c1-2-10-8-4-6-5(14-8)3-7(13-6)9(11)12/h3-4,10H,2H2,1H3,(H,11,12). The molecule has 14 heavy (non-hydrogen) atoms. The molecule has 2 N–H and O–H groups in total. The van der Waals surface area contributed by atoms with Crippen molar-refractivity contribution < 1.29 is 9.90 Å². The Kier molecular flexibility index (Phi) is 2.43. The van der Waals surface area contributed by atoms with E-state index >= 15 is 0 Å². The molecule has 0 spiro atoms. The predicted octanol–water partition coefficient (Wildman–Crippen LogP) is 3.09. The molecule has 0 bridgehead atoms. The van der Waals surface area contributed by atoms with Crippen molar-refractivity contribution in [1.82, 2.24) is 0 Å². The Morgan fingerprint density at radius 3 is 2.71 bits per heavy atom. The second-order valence-electron chi connectivity index (χ2n) is 2.79. The monoisotopic (exact) mass is 227 g/mol. The molecule has 0 amide bonds. The van der Waals surface area contributed by atoms with Crippen molar-refractivity contribution in [3.05, 3.63) is 17.0 Å². The lowest BCUT2D eigenvalue weighted by molar-refractivity contribution is 0.0702. The maximum Gasteiger partial charge on any atom is 0.345 e. The van der Waals surface area contributed by atoms with Gasteiger partial charge in [-0.1, -0.05) is 0 Å². The maximum absolute atomic E-state index is 10.7. The lowest BCUT2D eigenvalue weighted by atomic mass is 10.4. The van der Waals surface area contributed by atoms with Crippen molar-refractivity contribution in [2.45, 2.75) is 6.92 Å². The van der Waals surface area contributed by atoms with Gasteiger partial charge in [0.15, 0.2) is 0 Å². The average molecular weight is 227 g/mol. The summed E-state index contributed by atoms with van der Waals surface area (Å²) in [5.41, 5.74) is 0. The van der Waals surface area contributed by atoms with Gasteiger partial charge in [-0.2, -0.15) is 0 Å². The third kappa shape index (κ3) is 1.60. The van der Waals surface area contributed by atoms with Crippen LogP contribution in [0.3, 0.4) is 0 Å². The van der Waals surface area contributed by atoms with Gasteiger partial charge in [0, 0.05) is 15.9 Å². The van der Waals surface area contributed by atoms with Gasteiger partial charge in [0.05, 0.1) is 5.00 Å². The van der Waals surface area contributed by atoms with Crippen LogP contribution in [0.1, 0.15) is 16.6 Å². The van der Waals surface area contributed by atoms with Crippen LogP contribution in [-0.4, -0.2) is 17.6 Å². The second-order valence-corrected chi connectivity index (χ2v) is 4.95. The smallest absolute Gasteiger partial charge is 0.345 e. The lowest BCUT2D eigenvalue weighted by Crippen LogP contribution is -1.92. The van der Waals surface area contributed by atoms with Gasteiger partial charge in [-0.05, 0) is 19.1 Å². The normalized spacial score (nSPS) is 10.6. The zero-order chi connectivity index (χ0) is 10.1. The summed E-state index contributed by atoms with van der Waals surface area (Å²) in [5.74, 6) is -0.844. The zero-order valence-corrected chi connectivity index (χ0v) is 9.17. The molecule has 0 unspecified atom stereocenters. The number of thiophene rings is 2. The summed E-state index contributed by atoms with van der Waals surface area (Å²) in [7, 11) is 0. The molecule has 0 aromatic carbocycles. The van der Waals surface area contributed by atoms with Crippen LogP contribution >= 0.6 is 22.7 Å². The van der Waals surface area contributed by atoms with Gasteiger partial charge in [0.1, 0.15) is 4.88 Å². The first kappa shape index (κ1) is 9.48. The fourth-order valence-corrected chi connectivity index (χ4v) is 3.41. The molecule has 2 aromatic heterocycles. The van der Waals surface area contributed by atoms with Gasteiger partial charge >= 0.3 is 5.97 Å². The lowest BCUT2D eigenvalue weighted by Gasteiger charge is -1.94. The van der Waals surface area contributed by atoms with E-state index in [1.165, 1.54) is 11.3 Å². The highest BCUT2D eigenvalue weighted by Crippen LogP contribution is 2.35. The largest absolute Gasteiger partial charge is 0.477 e. The van der Waals surface area contributed by atoms with Crippen LogP contribution in [0.25, 0.3) is 9.40 Å². The molecule has 2 heterocycles. The number of carboxylic acid groups (broad SMARTS) is 1. The van der Waals surface area contributed by atoms with Crippen molar-refractivity contribution in [1.29, 1.82) is 0 Å². The highest BCUT2D eigenvalue weighted by molar-refractivity contribution is 7.30. The minimum atomic E-state index is -0.844. The SMILES string of the molecule is CCNc1cc2sc(C(=O)O)cc2s1. The molecule has 0 radical (unpaired) electrons. The van der Waals surface area contributed by atoms with Crippen molar-refractivity contribution in [3.63, 3.8) is 0 Å². The van der Waals surface area contributed by atoms with Gasteiger partial charge < -0.3 is 10.4 Å². The van der Waals surface area contributed by atoms with Crippen LogP contribution in [-0.2, 0) is 0 Å². The van der Waals surface area contributed by atoms with Crippen LogP contribution in [0.5, 0.6) is 0 Å². The molecule has 0 saturated carbocycles. The van der Waals surface area contributed by atoms with Crippen molar-refractivity contribution in [2.24, 2.45) is 0 Å². The van der Waals surface area contributed by atoms with E-state index < -0.39 is 5.97 Å². The minimum Gasteiger partial charge on any atom is -0.477 e. The first-order chi connectivity index (χ1) is 6.70. The number of fused-ring (bicyclic) bond motifs is 1. The Balaban J connectivity index is 2.40. The van der Waals surface area contributed by atoms with E-state index in [4.69, 9.17) is 5.11 Å². The summed E-state index contributed by atoms with van der Waals surface area (Å²) in [6.07, 6.45) is 0. The Morgan fingerprint density at radius 2 is 2.14 bits per heavy atom. The third-order valence-corrected chi connectivity index (χ3v) is 4.01. The Morgan fingerprint density at radius 1 is 1.43 bits per heavy atom. The van der Waals surface area contributed by atoms with Crippen LogP contribution in [0.4, 0.5) is 5.00 Å². The fraction of sp³-hybridized carbons (Fsp3) is 0.222. The van der Waals surface area contributed by atoms with Gasteiger partial charge in [0.25, 0.3) is 0 Å². The van der Waals surface area contributed by atoms with Crippen LogP contribution in [0.2, 0.25) is 0 Å². The van der Waals surface area contributed by atoms with Gasteiger partial charge in [0.2, 0.25) is 0 Å². The second kappa shape index (κ2) is 3.59. The highest BCUT2D eigenvalue weighted by atomic mass is 32.1. The Hall–Kier alpha value is -1.07. The summed E-state index contributed by atoms with van der Waals surface area (Å²) in [5, 5.41) is 13.1. The molecule has 0 saturated heterocycles. The topological polar surface area (TPSA) is 49.3 Å². The quantitative estimate of drug-likeness (QED) is 0.847. The first-order valence-electron chi connectivity index (χ1n) is 4.21. The van der Waals surface area contributed by atoms with Crippen LogP contribution in [0, 0.1) is 0 Å². The number of hydrogen-bond acceptors (Lipinski definition) is 4. The molecule has 0 aliphatic carbocycles. The van der Waals surface area contributed by atoms with E-state index in [9.17, 15) is 4.79 Å². The summed E-state index contributed by atoms with van der Waals surface area (Å²) < 4.78 is 2.09. The zero-order valence-electron chi connectivity index (χ0n) is 7.53. The van der Waals surface area contributed by atoms with Gasteiger partial charge in [-0.3, -0.25) is 0 Å². The number of hydrogen-bond donors (Lipinski definition) is 2. The molecule has 0 atom stereocenters. The first-order valence-corrected chi connectivity index (χ1v) is 5.84. The summed E-state index contributed by atoms with van der Waals surface area (Å²) >= 11 is 2.92. The van der Waals surface area contributed by atoms with Gasteiger partial charge in [-0.15, -0.1) is 22.7 Å². The number of rotatable bonds is 3. The van der Waals surface area contributed by atoms with Crippen LogP contribution < -0.4 is 5.32 Å². The number of carbonyl (C=O) groups is 1. The molecule has 0 aliphatic heterocycles. The highest BCUT2D eigenvalue weighted by Gasteiger charge is 2.10. The van der Waals surface area contributed by atoms with Gasteiger partial charge in [-0.25, -0.2) is 4.79 Å². The number of carboxylic acids is 1. The predicted molar refractivity (Wildman–Crippen MR) is 60.8 cm³/mol. The summed E-state index contributed by atoms with van der Waals surface area (Å²) in [4.78, 5) is 11.1. The molecule has 0 aliphatic rings. The van der Waals surface area contributed by atoms with E-state index in [1.54, 1.807) is 17.4 Å². The summed E-state index contributed by atoms with van der Waals surface area (Å²) in [6, 6.07) is 3.73. The Labute approximate surface area is 89.0 Å². The molecule has 2 rings (SSSR count). The molecule has 3 nitrogen and oxygen atoms in total. The molecule has 5 heteroatoms. The maximum atomic E-state index is 10.7. The number of aromatic carboxylic acids is 1. The third-order valence-electron chi connectivity index (χ3n) is 1.77. The number of anilines is 1. The number of nitrogens with one attached hydrogen (secondary N) is 1. The molecule has 0 fully saturated rings. The molecule has 2 aromatic rings. The van der Waals surface area contributed by atoms with Crippen molar-refractivity contribution >= 4 is 43.0 Å². The van der Waals surface area contributed by atoms with E-state index in [2.05, 4.69) is 5.32 Å². The van der Waals surface area contributed by atoms with Crippen molar-refractivity contribution in [2.75, 3.05) is 11.9 Å². The van der Waals surface area contributed by atoms with Crippen LogP contribution in [0.15, 0.2) is 12.1 Å². The van der Waals surface area contributed by atoms with E-state index in [1.807, 2.05) is 13.0 Å². The molecule has 74 valence electrons. The molecular formula is C9H9NO2S2. The van der Waals surface area contributed by atoms with E-state index in [-0.39, 0.29) is 0 Å². The fourth-order valence-electron chi connectivity index (χ4n) is 1.20. The van der Waals surface area contributed by atoms with Crippen molar-refractivity contribution in [3.8, 4) is 0 Å². The Bertz CT molecular complexity index is 441. The van der Waals surface area contributed by atoms with E-state index in [0.29, 0.717) is 4.88 Å². The summed E-state index contributed by atoms with van der Waals surface area (Å²) in [6.45, 7) is 2.93. The average Bonchev–Trinajstić information content (AvgIpc) is 2.61. The molecular weight excluding hydrogens is 218 g/mol.